The predicted octanol–water partition coefficient (Wildman–Crippen LogP) is 5.89. The molecule has 7 heteroatoms. The number of nitrogens with one attached hydrogen (secondary N) is 1. The molecule has 31 heavy (non-hydrogen) atoms. The fraction of sp³-hybridized carbons (Fsp3) is 0.458. The van der Waals surface area contributed by atoms with Crippen LogP contribution in [0.25, 0.3) is 11.4 Å². The number of amides is 1. The summed E-state index contributed by atoms with van der Waals surface area (Å²) in [7, 11) is 0. The molecule has 1 N–H and O–H groups in total. The summed E-state index contributed by atoms with van der Waals surface area (Å²) in [5.41, 5.74) is 5.84. The molecule has 0 radical (unpaired) electrons. The van der Waals surface area contributed by atoms with Crippen molar-refractivity contribution in [3.63, 3.8) is 0 Å². The van der Waals surface area contributed by atoms with Gasteiger partial charge in [0.1, 0.15) is 0 Å². The number of benzene rings is 1. The Morgan fingerprint density at radius 2 is 2.16 bits per heavy atom. The first kappa shape index (κ1) is 22.1. The molecule has 0 bridgehead atoms. The van der Waals surface area contributed by atoms with Crippen molar-refractivity contribution in [2.24, 2.45) is 5.92 Å². The second kappa shape index (κ2) is 9.57. The van der Waals surface area contributed by atoms with Gasteiger partial charge in [-0.25, -0.2) is 0 Å². The number of hydrogen-bond donors (Lipinski definition) is 1. The molecule has 0 saturated heterocycles. The summed E-state index contributed by atoms with van der Waals surface area (Å²) in [5, 5.41) is 15.1. The zero-order valence-electron chi connectivity index (χ0n) is 18.7. The van der Waals surface area contributed by atoms with E-state index < -0.39 is 0 Å². The molecule has 164 valence electrons. The van der Waals surface area contributed by atoms with Crippen molar-refractivity contribution in [2.75, 3.05) is 11.1 Å². The van der Waals surface area contributed by atoms with E-state index in [9.17, 15) is 4.79 Å². The van der Waals surface area contributed by atoms with Gasteiger partial charge in [0.25, 0.3) is 0 Å². The Hall–Kier alpha value is -2.12. The van der Waals surface area contributed by atoms with Gasteiger partial charge >= 0.3 is 0 Å². The van der Waals surface area contributed by atoms with Gasteiger partial charge in [-0.05, 0) is 68.2 Å². The third kappa shape index (κ3) is 4.72. The fourth-order valence-corrected chi connectivity index (χ4v) is 6.09. The first-order chi connectivity index (χ1) is 15.0. The van der Waals surface area contributed by atoms with E-state index >= 15 is 0 Å². The first-order valence-corrected chi connectivity index (χ1v) is 12.9. The second-order valence-corrected chi connectivity index (χ2v) is 10.3. The van der Waals surface area contributed by atoms with E-state index in [1.165, 1.54) is 46.2 Å². The number of aromatic nitrogens is 3. The van der Waals surface area contributed by atoms with Crippen LogP contribution >= 0.6 is 23.1 Å². The highest BCUT2D eigenvalue weighted by molar-refractivity contribution is 7.99. The van der Waals surface area contributed by atoms with E-state index in [0.29, 0.717) is 5.75 Å². The third-order valence-corrected chi connectivity index (χ3v) is 8.04. The molecule has 2 heterocycles. The topological polar surface area (TPSA) is 59.8 Å². The van der Waals surface area contributed by atoms with Crippen molar-refractivity contribution in [1.82, 2.24) is 14.8 Å². The standard InChI is InChI=1S/C24H30N4OS2/c1-5-11-28-23(19-13-30-21-12-15(2)9-10-18(19)21)26-27-24(28)31-14-22(29)25-20-8-6-7-16(3)17(20)4/h6-8,13,15H,5,9-12,14H2,1-4H3,(H,25,29). The summed E-state index contributed by atoms with van der Waals surface area (Å²) < 4.78 is 2.19. The van der Waals surface area contributed by atoms with Crippen molar-refractivity contribution in [3.8, 4) is 11.4 Å². The lowest BCUT2D eigenvalue weighted by Gasteiger charge is -2.19. The van der Waals surface area contributed by atoms with Crippen LogP contribution in [0.15, 0.2) is 28.7 Å². The highest BCUT2D eigenvalue weighted by Crippen LogP contribution is 2.38. The molecule has 1 aliphatic carbocycles. The first-order valence-electron chi connectivity index (χ1n) is 11.0. The van der Waals surface area contributed by atoms with Gasteiger partial charge in [-0.15, -0.1) is 21.5 Å². The van der Waals surface area contributed by atoms with Gasteiger partial charge in [-0.3, -0.25) is 4.79 Å². The van der Waals surface area contributed by atoms with E-state index in [1.54, 1.807) is 0 Å². The number of carbonyl (C=O) groups is 1. The summed E-state index contributed by atoms with van der Waals surface area (Å²) in [5.74, 6) is 2.00. The molecule has 2 aromatic heterocycles. The summed E-state index contributed by atoms with van der Waals surface area (Å²) in [6, 6.07) is 5.97. The number of rotatable bonds is 7. The molecule has 5 nitrogen and oxygen atoms in total. The van der Waals surface area contributed by atoms with E-state index in [2.05, 4.69) is 52.3 Å². The van der Waals surface area contributed by atoms with Crippen molar-refractivity contribution < 1.29 is 4.79 Å². The van der Waals surface area contributed by atoms with Crippen LogP contribution in [0.4, 0.5) is 5.69 Å². The maximum absolute atomic E-state index is 12.6. The molecule has 4 rings (SSSR count). The van der Waals surface area contributed by atoms with Crippen LogP contribution in [0.5, 0.6) is 0 Å². The SMILES string of the molecule is CCCn1c(SCC(=O)Nc2cccc(C)c2C)nnc1-c1csc2c1CCC(C)C2. The zero-order valence-corrected chi connectivity index (χ0v) is 20.3. The Bertz CT molecular complexity index is 1090. The Labute approximate surface area is 192 Å². The molecule has 0 spiro atoms. The number of carbonyl (C=O) groups excluding carboxylic acids is 1. The molecule has 0 saturated carbocycles. The average molecular weight is 455 g/mol. The van der Waals surface area contributed by atoms with Crippen molar-refractivity contribution in [2.45, 2.75) is 65.1 Å². The van der Waals surface area contributed by atoms with Crippen molar-refractivity contribution in [3.05, 3.63) is 45.1 Å². The van der Waals surface area contributed by atoms with Crippen LogP contribution in [0, 0.1) is 19.8 Å². The molecule has 1 amide bonds. The molecule has 0 fully saturated rings. The molecule has 3 aromatic rings. The Morgan fingerprint density at radius 3 is 2.97 bits per heavy atom. The van der Waals surface area contributed by atoms with Gasteiger partial charge in [0.2, 0.25) is 5.91 Å². The second-order valence-electron chi connectivity index (χ2n) is 8.44. The molecule has 1 atom stereocenters. The summed E-state index contributed by atoms with van der Waals surface area (Å²) in [6.07, 6.45) is 4.52. The van der Waals surface area contributed by atoms with E-state index in [0.717, 1.165) is 47.5 Å². The maximum Gasteiger partial charge on any atom is 0.234 e. The Morgan fingerprint density at radius 1 is 1.32 bits per heavy atom. The number of thioether (sulfide) groups is 1. The van der Waals surface area contributed by atoms with E-state index in [4.69, 9.17) is 0 Å². The normalized spacial score (nSPS) is 15.7. The maximum atomic E-state index is 12.6. The zero-order chi connectivity index (χ0) is 22.0. The van der Waals surface area contributed by atoms with Crippen LogP contribution in [0.1, 0.15) is 48.3 Å². The summed E-state index contributed by atoms with van der Waals surface area (Å²) in [4.78, 5) is 14.1. The number of anilines is 1. The molecule has 0 aliphatic heterocycles. The molecular formula is C24H30N4OS2. The fourth-order valence-electron chi connectivity index (χ4n) is 4.09. The van der Waals surface area contributed by atoms with Gasteiger partial charge in [0, 0.05) is 28.1 Å². The highest BCUT2D eigenvalue weighted by Gasteiger charge is 2.24. The quantitative estimate of drug-likeness (QED) is 0.452. The smallest absolute Gasteiger partial charge is 0.234 e. The van der Waals surface area contributed by atoms with Gasteiger partial charge in [0.15, 0.2) is 11.0 Å². The largest absolute Gasteiger partial charge is 0.325 e. The lowest BCUT2D eigenvalue weighted by atomic mass is 9.88. The highest BCUT2D eigenvalue weighted by atomic mass is 32.2. The summed E-state index contributed by atoms with van der Waals surface area (Å²) >= 11 is 3.32. The molecule has 1 aromatic carbocycles. The van der Waals surface area contributed by atoms with E-state index in [1.807, 2.05) is 30.4 Å². The monoisotopic (exact) mass is 454 g/mol. The van der Waals surface area contributed by atoms with Gasteiger partial charge < -0.3 is 9.88 Å². The Balaban J connectivity index is 1.50. The van der Waals surface area contributed by atoms with Crippen LogP contribution in [-0.4, -0.2) is 26.4 Å². The average Bonchev–Trinajstić information content (AvgIpc) is 3.33. The lowest BCUT2D eigenvalue weighted by molar-refractivity contribution is -0.113. The van der Waals surface area contributed by atoms with Gasteiger partial charge in [0.05, 0.1) is 5.75 Å². The minimum absolute atomic E-state index is 0.0202. The van der Waals surface area contributed by atoms with Crippen molar-refractivity contribution in [1.29, 1.82) is 0 Å². The Kier molecular flexibility index (Phi) is 6.82. The molecular weight excluding hydrogens is 424 g/mol. The van der Waals surface area contributed by atoms with Crippen LogP contribution in [-0.2, 0) is 24.2 Å². The minimum atomic E-state index is -0.0202. The van der Waals surface area contributed by atoms with Crippen LogP contribution in [0.3, 0.4) is 0 Å². The van der Waals surface area contributed by atoms with Crippen LogP contribution < -0.4 is 5.32 Å². The predicted molar refractivity (Wildman–Crippen MR) is 130 cm³/mol. The number of fused-ring (bicyclic) bond motifs is 1. The van der Waals surface area contributed by atoms with Crippen LogP contribution in [0.2, 0.25) is 0 Å². The van der Waals surface area contributed by atoms with E-state index in [-0.39, 0.29) is 5.91 Å². The van der Waals surface area contributed by atoms with Gasteiger partial charge in [-0.2, -0.15) is 0 Å². The number of hydrogen-bond acceptors (Lipinski definition) is 5. The van der Waals surface area contributed by atoms with Crippen molar-refractivity contribution >= 4 is 34.7 Å². The lowest BCUT2D eigenvalue weighted by Crippen LogP contribution is -2.15. The van der Waals surface area contributed by atoms with Gasteiger partial charge in [-0.1, -0.05) is 37.7 Å². The number of thiophene rings is 1. The molecule has 1 unspecified atom stereocenters. The number of aryl methyl sites for hydroxylation is 1. The molecule has 1 aliphatic rings. The number of nitrogens with zero attached hydrogens (tertiary/aromatic N) is 3. The summed E-state index contributed by atoms with van der Waals surface area (Å²) in [6.45, 7) is 9.43. The minimum Gasteiger partial charge on any atom is -0.325 e. The third-order valence-electron chi connectivity index (χ3n) is 6.02.